The molecule has 2 aromatic carbocycles. The molecule has 1 aromatic heterocycles. The van der Waals surface area contributed by atoms with Gasteiger partial charge in [0.1, 0.15) is 0 Å². The van der Waals surface area contributed by atoms with Gasteiger partial charge in [-0.05, 0) is 49.5 Å². The molecular weight excluding hydrogens is 482 g/mol. The van der Waals surface area contributed by atoms with E-state index in [2.05, 4.69) is 19.8 Å². The number of benzene rings is 2. The summed E-state index contributed by atoms with van der Waals surface area (Å²) in [6, 6.07) is 17.0. The van der Waals surface area contributed by atoms with E-state index in [1.807, 2.05) is 36.4 Å². The number of aromatic nitrogens is 2. The van der Waals surface area contributed by atoms with Crippen molar-refractivity contribution in [3.05, 3.63) is 66.0 Å². The van der Waals surface area contributed by atoms with Crippen molar-refractivity contribution in [3.8, 4) is 11.5 Å². The van der Waals surface area contributed by atoms with Crippen molar-refractivity contribution < 1.29 is 22.8 Å². The minimum atomic E-state index is -3.20. The molecule has 0 saturated carbocycles. The molecule has 0 atom stereocenters. The first-order valence-corrected chi connectivity index (χ1v) is 13.8. The van der Waals surface area contributed by atoms with Crippen molar-refractivity contribution in [1.29, 1.82) is 0 Å². The van der Waals surface area contributed by atoms with Gasteiger partial charge in [0, 0.05) is 26.1 Å². The Morgan fingerprint density at radius 3 is 2.53 bits per heavy atom. The van der Waals surface area contributed by atoms with E-state index in [4.69, 9.17) is 4.52 Å². The van der Waals surface area contributed by atoms with Gasteiger partial charge >= 0.3 is 6.09 Å². The Morgan fingerprint density at radius 2 is 1.83 bits per heavy atom. The van der Waals surface area contributed by atoms with Gasteiger partial charge in [-0.1, -0.05) is 47.6 Å². The maximum atomic E-state index is 12.3. The van der Waals surface area contributed by atoms with Crippen molar-refractivity contribution in [2.24, 2.45) is 5.92 Å². The number of hydrogen-bond acceptors (Lipinski definition) is 7. The van der Waals surface area contributed by atoms with Crippen LogP contribution in [0.3, 0.4) is 0 Å². The molecule has 1 aliphatic heterocycles. The summed E-state index contributed by atoms with van der Waals surface area (Å²) < 4.78 is 30.5. The van der Waals surface area contributed by atoms with Gasteiger partial charge in [-0.3, -0.25) is 4.90 Å². The van der Waals surface area contributed by atoms with E-state index in [9.17, 15) is 18.3 Å². The number of carbonyl (C=O) groups is 1. The lowest BCUT2D eigenvalue weighted by atomic mass is 9.95. The molecule has 11 heteroatoms. The highest BCUT2D eigenvalue weighted by Crippen LogP contribution is 2.32. The van der Waals surface area contributed by atoms with Crippen LogP contribution < -0.4 is 9.62 Å². The van der Waals surface area contributed by atoms with Gasteiger partial charge < -0.3 is 14.5 Å². The Kier molecular flexibility index (Phi) is 8.34. The van der Waals surface area contributed by atoms with Crippen molar-refractivity contribution in [1.82, 2.24) is 19.8 Å². The van der Waals surface area contributed by atoms with Crippen LogP contribution in [-0.4, -0.2) is 73.6 Å². The van der Waals surface area contributed by atoms with Crippen LogP contribution in [0.2, 0.25) is 0 Å². The third-order valence-corrected chi connectivity index (χ3v) is 7.00. The first-order valence-electron chi connectivity index (χ1n) is 11.9. The second-order valence-electron chi connectivity index (χ2n) is 9.04. The summed E-state index contributed by atoms with van der Waals surface area (Å²) in [5.74, 6) is 1.01. The van der Waals surface area contributed by atoms with Crippen LogP contribution in [0.15, 0.2) is 59.1 Å². The van der Waals surface area contributed by atoms with Gasteiger partial charge in [0.2, 0.25) is 10.0 Å². The molecule has 2 N–H and O–H groups in total. The summed E-state index contributed by atoms with van der Waals surface area (Å²) in [7, 11) is -3.20. The zero-order valence-corrected chi connectivity index (χ0v) is 21.0. The van der Waals surface area contributed by atoms with Crippen LogP contribution in [0.4, 0.5) is 10.5 Å². The molecule has 2 heterocycles. The van der Waals surface area contributed by atoms with E-state index in [-0.39, 0.29) is 11.8 Å². The summed E-state index contributed by atoms with van der Waals surface area (Å²) in [5.41, 5.74) is 2.15. The number of para-hydroxylation sites is 1. The molecule has 0 unspecified atom stereocenters. The molecule has 1 fully saturated rings. The number of rotatable bonds is 10. The summed E-state index contributed by atoms with van der Waals surface area (Å²) in [6.45, 7) is 2.94. The predicted molar refractivity (Wildman–Crippen MR) is 136 cm³/mol. The summed E-state index contributed by atoms with van der Waals surface area (Å²) in [4.78, 5) is 20.4. The van der Waals surface area contributed by atoms with E-state index in [0.29, 0.717) is 43.1 Å². The second-order valence-corrected chi connectivity index (χ2v) is 10.9. The molecule has 0 aliphatic carbocycles. The Hall–Kier alpha value is -3.28. The fraction of sp³-hybridized carbons (Fsp3) is 0.400. The Labute approximate surface area is 211 Å². The Morgan fingerprint density at radius 1 is 1.14 bits per heavy atom. The lowest BCUT2D eigenvalue weighted by molar-refractivity contribution is 0.180. The normalized spacial score (nSPS) is 15.1. The number of hydrogen-bond donors (Lipinski definition) is 2. The monoisotopic (exact) mass is 513 g/mol. The number of nitrogens with zero attached hydrogens (tertiary/aromatic N) is 4. The number of sulfonamides is 1. The molecule has 0 spiro atoms. The zero-order valence-electron chi connectivity index (χ0n) is 20.2. The molecule has 1 saturated heterocycles. The number of amides is 1. The van der Waals surface area contributed by atoms with Crippen LogP contribution in [-0.2, 0) is 16.4 Å². The standard InChI is InChI=1S/C25H31N5O5S/c1-36(33,34)26-13-16-29-14-11-20(12-15-29)18-30(25(31)32)22-10-6-5-9-21(22)24-27-23(28-35-24)17-19-7-3-2-4-8-19/h2-10,20,26H,11-18H2,1H3,(H,31,32). The molecule has 10 nitrogen and oxygen atoms in total. The van der Waals surface area contributed by atoms with Gasteiger partial charge in [-0.15, -0.1) is 0 Å². The van der Waals surface area contributed by atoms with Gasteiger partial charge in [-0.25, -0.2) is 17.9 Å². The molecule has 1 aliphatic rings. The largest absolute Gasteiger partial charge is 0.465 e. The van der Waals surface area contributed by atoms with Gasteiger partial charge in [-0.2, -0.15) is 4.98 Å². The SMILES string of the molecule is CS(=O)(=O)NCCN1CCC(CN(C(=O)O)c2ccccc2-c2nc(Cc3ccccc3)no2)CC1. The molecule has 36 heavy (non-hydrogen) atoms. The molecule has 4 rings (SSSR count). The molecule has 1 amide bonds. The number of anilines is 1. The van der Waals surface area contributed by atoms with Crippen molar-refractivity contribution in [2.45, 2.75) is 19.3 Å². The average molecular weight is 514 g/mol. The summed E-state index contributed by atoms with van der Waals surface area (Å²) in [6.07, 6.45) is 2.29. The predicted octanol–water partition coefficient (Wildman–Crippen LogP) is 3.07. The lowest BCUT2D eigenvalue weighted by Gasteiger charge is -2.34. The van der Waals surface area contributed by atoms with Crippen molar-refractivity contribution in [2.75, 3.05) is 43.9 Å². The van der Waals surface area contributed by atoms with E-state index in [1.54, 1.807) is 18.2 Å². The number of carboxylic acid groups (broad SMARTS) is 1. The third-order valence-electron chi connectivity index (χ3n) is 6.27. The molecular formula is C25H31N5O5S. The maximum absolute atomic E-state index is 12.3. The molecule has 3 aromatic rings. The van der Waals surface area contributed by atoms with E-state index >= 15 is 0 Å². The minimum absolute atomic E-state index is 0.185. The Balaban J connectivity index is 1.42. The van der Waals surface area contributed by atoms with Crippen molar-refractivity contribution >= 4 is 21.8 Å². The van der Waals surface area contributed by atoms with Crippen LogP contribution in [0.5, 0.6) is 0 Å². The van der Waals surface area contributed by atoms with Gasteiger partial charge in [0.25, 0.3) is 5.89 Å². The summed E-state index contributed by atoms with van der Waals surface area (Å²) >= 11 is 0. The zero-order chi connectivity index (χ0) is 25.5. The quantitative estimate of drug-likeness (QED) is 0.423. The average Bonchev–Trinajstić information content (AvgIpc) is 3.31. The topological polar surface area (TPSA) is 129 Å². The first kappa shape index (κ1) is 25.8. The smallest absolute Gasteiger partial charge is 0.411 e. The highest BCUT2D eigenvalue weighted by molar-refractivity contribution is 7.88. The van der Waals surface area contributed by atoms with E-state index < -0.39 is 16.1 Å². The highest BCUT2D eigenvalue weighted by atomic mass is 32.2. The van der Waals surface area contributed by atoms with Crippen LogP contribution in [0.1, 0.15) is 24.2 Å². The van der Waals surface area contributed by atoms with Gasteiger partial charge in [0.05, 0.1) is 17.5 Å². The van der Waals surface area contributed by atoms with Gasteiger partial charge in [0.15, 0.2) is 5.82 Å². The maximum Gasteiger partial charge on any atom is 0.411 e. The lowest BCUT2D eigenvalue weighted by Crippen LogP contribution is -2.43. The minimum Gasteiger partial charge on any atom is -0.465 e. The van der Waals surface area contributed by atoms with Crippen LogP contribution in [0, 0.1) is 5.92 Å². The summed E-state index contributed by atoms with van der Waals surface area (Å²) in [5, 5.41) is 14.2. The number of piperidine rings is 1. The number of likely N-dealkylation sites (tertiary alicyclic amines) is 1. The molecule has 192 valence electrons. The van der Waals surface area contributed by atoms with E-state index in [1.165, 1.54) is 4.90 Å². The first-order chi connectivity index (χ1) is 17.3. The second kappa shape index (κ2) is 11.6. The fourth-order valence-electron chi connectivity index (χ4n) is 4.42. The van der Waals surface area contributed by atoms with Crippen LogP contribution >= 0.6 is 0 Å². The van der Waals surface area contributed by atoms with Crippen molar-refractivity contribution in [3.63, 3.8) is 0 Å². The Bertz CT molecular complexity index is 1260. The molecule has 0 bridgehead atoms. The fourth-order valence-corrected chi connectivity index (χ4v) is 4.88. The highest BCUT2D eigenvalue weighted by Gasteiger charge is 2.27. The third kappa shape index (κ3) is 7.12. The number of nitrogens with one attached hydrogen (secondary N) is 1. The van der Waals surface area contributed by atoms with Crippen LogP contribution in [0.25, 0.3) is 11.5 Å². The molecule has 0 radical (unpaired) electrons. The van der Waals surface area contributed by atoms with E-state index in [0.717, 1.165) is 37.8 Å².